The van der Waals surface area contributed by atoms with Gasteiger partial charge in [0.2, 0.25) is 0 Å². The lowest BCUT2D eigenvalue weighted by Crippen LogP contribution is -2.02. The molecule has 0 spiro atoms. The van der Waals surface area contributed by atoms with Crippen molar-refractivity contribution in [2.45, 2.75) is 92.9 Å². The second kappa shape index (κ2) is 17.9. The third kappa shape index (κ3) is 13.7. The van der Waals surface area contributed by atoms with Gasteiger partial charge in [-0.15, -0.1) is 0 Å². The van der Waals surface area contributed by atoms with E-state index in [1.54, 1.807) is 0 Å². The fourth-order valence-corrected chi connectivity index (χ4v) is 3.59. The first-order valence-electron chi connectivity index (χ1n) is 12.2. The molecule has 0 saturated carbocycles. The number of hydrogen-bond acceptors (Lipinski definition) is 6. The zero-order valence-corrected chi connectivity index (χ0v) is 23.9. The Kier molecular flexibility index (Phi) is 17.2. The number of aryl methyl sites for hydroxylation is 2. The van der Waals surface area contributed by atoms with Gasteiger partial charge < -0.3 is 30.2 Å². The second-order valence-corrected chi connectivity index (χ2v) is 9.91. The minimum absolute atomic E-state index is 0.351. The van der Waals surface area contributed by atoms with Crippen LogP contribution in [0.1, 0.15) is 112 Å². The summed E-state index contributed by atoms with van der Waals surface area (Å²) in [6.45, 7) is 20.9. The van der Waals surface area contributed by atoms with Crippen LogP contribution in [-0.2, 0) is 0 Å². The molecule has 6 N–H and O–H groups in total. The zero-order valence-electron chi connectivity index (χ0n) is 23.9. The molecule has 0 amide bonds. The molecule has 0 fully saturated rings. The van der Waals surface area contributed by atoms with Gasteiger partial charge in [0.05, 0.1) is 0 Å². The molecular formula is C28H44O10. The summed E-state index contributed by atoms with van der Waals surface area (Å²) in [5, 5.41) is 45.9. The SMILES string of the molecule is Cc1cc(C(C)C)c(OO)c(C(C)C)c1.Cc1cc(C(C)C)c(OO)c(C(C)C)c1.O=C(O)O.O=C(O)O. The number of carbonyl (C=O) groups is 2. The highest BCUT2D eigenvalue weighted by Gasteiger charge is 2.17. The average Bonchev–Trinajstić information content (AvgIpc) is 2.77. The Morgan fingerprint density at radius 1 is 0.526 bits per heavy atom. The van der Waals surface area contributed by atoms with Gasteiger partial charge in [-0.2, -0.15) is 0 Å². The van der Waals surface area contributed by atoms with Gasteiger partial charge in [0.1, 0.15) is 0 Å². The molecular weight excluding hydrogens is 496 g/mol. The van der Waals surface area contributed by atoms with Crippen molar-refractivity contribution in [2.24, 2.45) is 0 Å². The van der Waals surface area contributed by atoms with E-state index in [9.17, 15) is 0 Å². The molecule has 0 unspecified atom stereocenters. The van der Waals surface area contributed by atoms with Gasteiger partial charge >= 0.3 is 12.3 Å². The van der Waals surface area contributed by atoms with E-state index in [1.807, 2.05) is 0 Å². The third-order valence-corrected chi connectivity index (χ3v) is 5.25. The van der Waals surface area contributed by atoms with Crippen LogP contribution < -0.4 is 9.78 Å². The van der Waals surface area contributed by atoms with E-state index < -0.39 is 12.3 Å². The Bertz CT molecular complexity index is 863. The summed E-state index contributed by atoms with van der Waals surface area (Å²) in [6, 6.07) is 8.29. The molecule has 2 aromatic carbocycles. The molecule has 38 heavy (non-hydrogen) atoms. The van der Waals surface area contributed by atoms with Crippen molar-refractivity contribution in [1.82, 2.24) is 0 Å². The van der Waals surface area contributed by atoms with Crippen molar-refractivity contribution in [3.05, 3.63) is 57.6 Å². The summed E-state index contributed by atoms with van der Waals surface area (Å²) in [5.41, 5.74) is 6.70. The molecule has 0 atom stereocenters. The Labute approximate surface area is 225 Å². The van der Waals surface area contributed by atoms with Gasteiger partial charge in [-0.3, -0.25) is 0 Å². The smallest absolute Gasteiger partial charge is 0.450 e. The van der Waals surface area contributed by atoms with E-state index in [2.05, 4.69) is 103 Å². The first kappa shape index (κ1) is 36.7. The van der Waals surface area contributed by atoms with Crippen molar-refractivity contribution >= 4 is 12.3 Å². The predicted octanol–water partition coefficient (Wildman–Crippen LogP) is 8.63. The fourth-order valence-electron chi connectivity index (χ4n) is 3.59. The molecule has 0 aliphatic rings. The van der Waals surface area contributed by atoms with Crippen LogP contribution in [0.5, 0.6) is 11.5 Å². The van der Waals surface area contributed by atoms with Crippen LogP contribution in [0.2, 0.25) is 0 Å². The summed E-state index contributed by atoms with van der Waals surface area (Å²) >= 11 is 0. The van der Waals surface area contributed by atoms with Gasteiger partial charge in [-0.25, -0.2) is 20.1 Å². The van der Waals surface area contributed by atoms with E-state index in [1.165, 1.54) is 11.1 Å². The number of carboxylic acid groups (broad SMARTS) is 4. The molecule has 216 valence electrons. The van der Waals surface area contributed by atoms with Crippen LogP contribution in [0.15, 0.2) is 24.3 Å². The summed E-state index contributed by atoms with van der Waals surface area (Å²) < 4.78 is 0. The van der Waals surface area contributed by atoms with Crippen molar-refractivity contribution in [2.75, 3.05) is 0 Å². The van der Waals surface area contributed by atoms with E-state index in [4.69, 9.17) is 40.5 Å². The molecule has 10 heteroatoms. The molecule has 10 nitrogen and oxygen atoms in total. The van der Waals surface area contributed by atoms with Crippen molar-refractivity contribution in [3.63, 3.8) is 0 Å². The number of hydrogen-bond donors (Lipinski definition) is 6. The van der Waals surface area contributed by atoms with Crippen molar-refractivity contribution in [3.8, 4) is 11.5 Å². The summed E-state index contributed by atoms with van der Waals surface area (Å²) in [7, 11) is 0. The second-order valence-electron chi connectivity index (χ2n) is 9.91. The first-order chi connectivity index (χ1) is 17.4. The highest BCUT2D eigenvalue weighted by molar-refractivity contribution is 5.53. The van der Waals surface area contributed by atoms with Gasteiger partial charge in [0, 0.05) is 22.3 Å². The highest BCUT2D eigenvalue weighted by atomic mass is 17.1. The molecule has 0 aliphatic heterocycles. The Balaban J connectivity index is 0. The van der Waals surface area contributed by atoms with Crippen LogP contribution in [0.4, 0.5) is 9.59 Å². The van der Waals surface area contributed by atoms with Crippen LogP contribution in [0.25, 0.3) is 0 Å². The normalized spacial score (nSPS) is 10.1. The molecule has 2 aromatic rings. The maximum Gasteiger partial charge on any atom is 0.503 e. The predicted molar refractivity (Wildman–Crippen MR) is 147 cm³/mol. The molecule has 0 saturated heterocycles. The lowest BCUT2D eigenvalue weighted by atomic mass is 9.92. The van der Waals surface area contributed by atoms with Crippen LogP contribution in [-0.4, -0.2) is 43.3 Å². The Hall–Kier alpha value is -3.50. The number of benzene rings is 2. The topological polar surface area (TPSA) is 174 Å². The zero-order chi connectivity index (χ0) is 30.3. The van der Waals surface area contributed by atoms with E-state index in [0.29, 0.717) is 35.2 Å². The van der Waals surface area contributed by atoms with Gasteiger partial charge in [0.15, 0.2) is 11.5 Å². The Morgan fingerprint density at radius 2 is 0.684 bits per heavy atom. The minimum atomic E-state index is -1.83. The van der Waals surface area contributed by atoms with Gasteiger partial charge in [-0.1, -0.05) is 90.8 Å². The lowest BCUT2D eigenvalue weighted by Gasteiger charge is -2.17. The average molecular weight is 541 g/mol. The fraction of sp³-hybridized carbons (Fsp3) is 0.500. The summed E-state index contributed by atoms with van der Waals surface area (Å²) in [5.74, 6) is 2.67. The minimum Gasteiger partial charge on any atom is -0.450 e. The molecule has 0 aromatic heterocycles. The highest BCUT2D eigenvalue weighted by Crippen LogP contribution is 2.36. The number of rotatable bonds is 6. The van der Waals surface area contributed by atoms with E-state index in [0.717, 1.165) is 22.3 Å². The standard InChI is InChI=1S/2C13H20O2.2CH2O3/c2*1-8(2)11-6-10(5)7-12(9(3)4)13(11)15-14;2*2-1(3)4/h2*6-9,14H,1-5H3;2*(H2,2,3,4). The van der Waals surface area contributed by atoms with Gasteiger partial charge in [-0.05, 0) is 37.5 Å². The third-order valence-electron chi connectivity index (χ3n) is 5.25. The first-order valence-corrected chi connectivity index (χ1v) is 12.2. The maximum absolute atomic E-state index is 8.99. The maximum atomic E-state index is 8.99. The summed E-state index contributed by atoms with van der Waals surface area (Å²) in [4.78, 5) is 26.2. The van der Waals surface area contributed by atoms with Crippen LogP contribution in [0, 0.1) is 13.8 Å². The van der Waals surface area contributed by atoms with Crippen molar-refractivity contribution in [1.29, 1.82) is 0 Å². The molecule has 0 heterocycles. The Morgan fingerprint density at radius 3 is 0.789 bits per heavy atom. The monoisotopic (exact) mass is 540 g/mol. The largest absolute Gasteiger partial charge is 0.503 e. The molecule has 2 rings (SSSR count). The van der Waals surface area contributed by atoms with Crippen LogP contribution in [0.3, 0.4) is 0 Å². The van der Waals surface area contributed by atoms with Crippen molar-refractivity contribution < 1.29 is 50.3 Å². The quantitative estimate of drug-likeness (QED) is 0.154. The van der Waals surface area contributed by atoms with Crippen LogP contribution >= 0.6 is 0 Å². The lowest BCUT2D eigenvalue weighted by molar-refractivity contribution is -0.139. The van der Waals surface area contributed by atoms with E-state index in [-0.39, 0.29) is 0 Å². The molecule has 0 bridgehead atoms. The summed E-state index contributed by atoms with van der Waals surface area (Å²) in [6.07, 6.45) is -3.67. The van der Waals surface area contributed by atoms with E-state index >= 15 is 0 Å². The molecule has 0 radical (unpaired) electrons. The molecule has 0 aliphatic carbocycles. The van der Waals surface area contributed by atoms with Gasteiger partial charge in [0.25, 0.3) is 0 Å².